The number of hydrogen-bond donors (Lipinski definition) is 1. The van der Waals surface area contributed by atoms with Gasteiger partial charge in [0.05, 0.1) is 7.11 Å². The van der Waals surface area contributed by atoms with Crippen molar-refractivity contribution in [2.24, 2.45) is 17.6 Å². The third kappa shape index (κ3) is 2.24. The van der Waals surface area contributed by atoms with Gasteiger partial charge in [0.15, 0.2) is 11.5 Å². The third-order valence-corrected chi connectivity index (χ3v) is 5.11. The Kier molecular flexibility index (Phi) is 3.19. The predicted molar refractivity (Wildman–Crippen MR) is 78.6 cm³/mol. The van der Waals surface area contributed by atoms with Gasteiger partial charge in [0, 0.05) is 25.7 Å². The van der Waals surface area contributed by atoms with E-state index in [4.69, 9.17) is 19.9 Å². The van der Waals surface area contributed by atoms with Crippen LogP contribution in [0.5, 0.6) is 17.2 Å². The van der Waals surface area contributed by atoms with Crippen LogP contribution < -0.4 is 19.9 Å². The first kappa shape index (κ1) is 13.2. The molecule has 3 aliphatic rings. The van der Waals surface area contributed by atoms with Gasteiger partial charge in [0.25, 0.3) is 0 Å². The Bertz CT molecular complexity index is 549. The molecule has 1 aromatic rings. The highest BCUT2D eigenvalue weighted by molar-refractivity contribution is 5.55. The average Bonchev–Trinajstić information content (AvgIpc) is 3.16. The van der Waals surface area contributed by atoms with Gasteiger partial charge in [0.1, 0.15) is 0 Å². The van der Waals surface area contributed by atoms with Crippen molar-refractivity contribution in [3.05, 3.63) is 17.7 Å². The van der Waals surface area contributed by atoms with Gasteiger partial charge in [-0.15, -0.1) is 0 Å². The minimum absolute atomic E-state index is 0.276. The number of benzene rings is 1. The van der Waals surface area contributed by atoms with Gasteiger partial charge < -0.3 is 19.9 Å². The molecule has 2 N–H and O–H groups in total. The topological polar surface area (TPSA) is 57.0 Å². The maximum Gasteiger partial charge on any atom is 0.231 e. The lowest BCUT2D eigenvalue weighted by Crippen LogP contribution is -2.30. The number of methoxy groups -OCH3 is 1. The minimum Gasteiger partial charge on any atom is -0.493 e. The summed E-state index contributed by atoms with van der Waals surface area (Å²) in [6.07, 6.45) is 2.48. The fourth-order valence-corrected chi connectivity index (χ4v) is 4.06. The highest BCUT2D eigenvalue weighted by Crippen LogP contribution is 2.43. The van der Waals surface area contributed by atoms with Crippen LogP contribution in [0, 0.1) is 11.8 Å². The molecule has 5 nitrogen and oxygen atoms in total. The van der Waals surface area contributed by atoms with Crippen molar-refractivity contribution < 1.29 is 14.2 Å². The average molecular weight is 290 g/mol. The van der Waals surface area contributed by atoms with E-state index in [-0.39, 0.29) is 6.79 Å². The predicted octanol–water partition coefficient (Wildman–Crippen LogP) is 1.59. The van der Waals surface area contributed by atoms with Gasteiger partial charge in [0.2, 0.25) is 12.5 Å². The first-order chi connectivity index (χ1) is 10.2. The largest absolute Gasteiger partial charge is 0.493 e. The normalized spacial score (nSPS) is 30.7. The Hall–Kier alpha value is -1.46. The molecule has 2 fully saturated rings. The summed E-state index contributed by atoms with van der Waals surface area (Å²) < 4.78 is 16.4. The SMILES string of the molecule is COc1cc(CN2CC3CCC(N)C3C2)cc2c1OCO2. The molecule has 0 amide bonds. The van der Waals surface area contributed by atoms with Crippen molar-refractivity contribution in [3.63, 3.8) is 0 Å². The fourth-order valence-electron chi connectivity index (χ4n) is 4.06. The zero-order valence-corrected chi connectivity index (χ0v) is 12.4. The molecule has 5 heteroatoms. The molecule has 1 aliphatic carbocycles. The molecule has 114 valence electrons. The van der Waals surface area contributed by atoms with Gasteiger partial charge in [-0.25, -0.2) is 0 Å². The van der Waals surface area contributed by atoms with E-state index in [2.05, 4.69) is 17.0 Å². The van der Waals surface area contributed by atoms with Crippen molar-refractivity contribution in [1.82, 2.24) is 4.90 Å². The van der Waals surface area contributed by atoms with Crippen LogP contribution in [0.15, 0.2) is 12.1 Å². The van der Waals surface area contributed by atoms with Crippen LogP contribution in [0.25, 0.3) is 0 Å². The second-order valence-corrected chi connectivity index (χ2v) is 6.39. The van der Waals surface area contributed by atoms with Crippen molar-refractivity contribution in [3.8, 4) is 17.2 Å². The Labute approximate surface area is 125 Å². The molecule has 3 atom stereocenters. The number of ether oxygens (including phenoxy) is 3. The summed E-state index contributed by atoms with van der Waals surface area (Å²) in [5.41, 5.74) is 7.42. The van der Waals surface area contributed by atoms with Crippen LogP contribution >= 0.6 is 0 Å². The maximum atomic E-state index is 6.21. The molecule has 21 heavy (non-hydrogen) atoms. The van der Waals surface area contributed by atoms with E-state index in [0.717, 1.165) is 42.8 Å². The molecule has 4 rings (SSSR count). The van der Waals surface area contributed by atoms with Crippen molar-refractivity contribution in [2.75, 3.05) is 27.0 Å². The molecule has 2 aliphatic heterocycles. The summed E-state index contributed by atoms with van der Waals surface area (Å²) in [5, 5.41) is 0. The van der Waals surface area contributed by atoms with Crippen LogP contribution in [0.1, 0.15) is 18.4 Å². The smallest absolute Gasteiger partial charge is 0.231 e. The quantitative estimate of drug-likeness (QED) is 0.916. The third-order valence-electron chi connectivity index (χ3n) is 5.11. The molecule has 1 saturated carbocycles. The van der Waals surface area contributed by atoms with Crippen molar-refractivity contribution >= 4 is 0 Å². The zero-order chi connectivity index (χ0) is 14.4. The van der Waals surface area contributed by atoms with Crippen molar-refractivity contribution in [2.45, 2.75) is 25.4 Å². The van der Waals surface area contributed by atoms with E-state index in [1.54, 1.807) is 7.11 Å². The monoisotopic (exact) mass is 290 g/mol. The second-order valence-electron chi connectivity index (χ2n) is 6.39. The van der Waals surface area contributed by atoms with Crippen LogP contribution in [0.4, 0.5) is 0 Å². The molecule has 1 saturated heterocycles. The molecule has 1 aromatic carbocycles. The lowest BCUT2D eigenvalue weighted by atomic mass is 9.98. The van der Waals surface area contributed by atoms with Crippen LogP contribution in [-0.2, 0) is 6.54 Å². The molecule has 2 heterocycles. The summed E-state index contributed by atoms with van der Waals surface area (Å²) in [4.78, 5) is 2.51. The maximum absolute atomic E-state index is 6.21. The number of fused-ring (bicyclic) bond motifs is 2. The summed E-state index contributed by atoms with van der Waals surface area (Å²) in [6, 6.07) is 4.52. The van der Waals surface area contributed by atoms with Gasteiger partial charge in [-0.05, 0) is 42.4 Å². The summed E-state index contributed by atoms with van der Waals surface area (Å²) in [5.74, 6) is 3.75. The Morgan fingerprint density at radius 2 is 2.19 bits per heavy atom. The van der Waals surface area contributed by atoms with E-state index < -0.39 is 0 Å². The Balaban J connectivity index is 1.51. The highest BCUT2D eigenvalue weighted by atomic mass is 16.7. The molecule has 3 unspecified atom stereocenters. The summed E-state index contributed by atoms with van der Waals surface area (Å²) in [6.45, 7) is 3.47. The van der Waals surface area contributed by atoms with E-state index in [9.17, 15) is 0 Å². The fraction of sp³-hybridized carbons (Fsp3) is 0.625. The number of likely N-dealkylation sites (tertiary alicyclic amines) is 1. The van der Waals surface area contributed by atoms with Gasteiger partial charge in [-0.3, -0.25) is 4.90 Å². The summed E-state index contributed by atoms with van der Waals surface area (Å²) >= 11 is 0. The van der Waals surface area contributed by atoms with Crippen LogP contribution in [0.3, 0.4) is 0 Å². The van der Waals surface area contributed by atoms with Gasteiger partial charge >= 0.3 is 0 Å². The molecule has 0 bridgehead atoms. The zero-order valence-electron chi connectivity index (χ0n) is 12.4. The molecule has 0 spiro atoms. The molecule has 0 aromatic heterocycles. The number of rotatable bonds is 3. The number of hydrogen-bond acceptors (Lipinski definition) is 5. The molecule has 0 radical (unpaired) electrons. The summed E-state index contributed by atoms with van der Waals surface area (Å²) in [7, 11) is 1.67. The first-order valence-corrected chi connectivity index (χ1v) is 7.69. The molecular formula is C16H22N2O3. The standard InChI is InChI=1S/C16H22N2O3/c1-19-14-4-10(5-15-16(14)21-9-20-15)6-18-7-11-2-3-13(17)12(11)8-18/h4-5,11-13H,2-3,6-9,17H2,1H3. The number of nitrogens with two attached hydrogens (primary N) is 1. The van der Waals surface area contributed by atoms with E-state index in [1.807, 2.05) is 0 Å². The van der Waals surface area contributed by atoms with Gasteiger partial charge in [-0.2, -0.15) is 0 Å². The lowest BCUT2D eigenvalue weighted by Gasteiger charge is -2.19. The molecular weight excluding hydrogens is 268 g/mol. The Morgan fingerprint density at radius 3 is 3.00 bits per heavy atom. The van der Waals surface area contributed by atoms with Crippen LogP contribution in [-0.4, -0.2) is 37.9 Å². The first-order valence-electron chi connectivity index (χ1n) is 7.69. The van der Waals surface area contributed by atoms with Crippen LogP contribution in [0.2, 0.25) is 0 Å². The minimum atomic E-state index is 0.276. The highest BCUT2D eigenvalue weighted by Gasteiger charge is 2.40. The van der Waals surface area contributed by atoms with E-state index in [0.29, 0.717) is 12.0 Å². The van der Waals surface area contributed by atoms with Crippen molar-refractivity contribution in [1.29, 1.82) is 0 Å². The van der Waals surface area contributed by atoms with E-state index in [1.165, 1.54) is 18.4 Å². The Morgan fingerprint density at radius 1 is 1.29 bits per heavy atom. The second kappa shape index (κ2) is 5.07. The van der Waals surface area contributed by atoms with E-state index >= 15 is 0 Å². The lowest BCUT2D eigenvalue weighted by molar-refractivity contribution is 0.171. The van der Waals surface area contributed by atoms with Gasteiger partial charge in [-0.1, -0.05) is 0 Å². The number of nitrogens with zero attached hydrogens (tertiary/aromatic N) is 1.